The lowest BCUT2D eigenvalue weighted by Gasteiger charge is -1.97. The molecular weight excluding hydrogens is 168 g/mol. The smallest absolute Gasteiger partial charge is 0.00261 e. The SMILES string of the molecule is C=C1c2[c]cccc2-c2ccccc21. The second-order valence-corrected chi connectivity index (χ2v) is 3.48. The normalized spacial score (nSPS) is 12.4. The summed E-state index contributed by atoms with van der Waals surface area (Å²) in [5.74, 6) is 0. The fourth-order valence-electron chi connectivity index (χ4n) is 2.03. The van der Waals surface area contributed by atoms with E-state index in [0.717, 1.165) is 11.1 Å². The lowest BCUT2D eigenvalue weighted by molar-refractivity contribution is 1.64. The van der Waals surface area contributed by atoms with Gasteiger partial charge in [0.15, 0.2) is 0 Å². The van der Waals surface area contributed by atoms with Gasteiger partial charge in [0, 0.05) is 0 Å². The van der Waals surface area contributed by atoms with Gasteiger partial charge in [-0.05, 0) is 33.9 Å². The molecule has 0 bridgehead atoms. The molecule has 0 fully saturated rings. The van der Waals surface area contributed by atoms with Crippen molar-refractivity contribution in [1.82, 2.24) is 0 Å². The van der Waals surface area contributed by atoms with Gasteiger partial charge >= 0.3 is 0 Å². The van der Waals surface area contributed by atoms with E-state index >= 15 is 0 Å². The third kappa shape index (κ3) is 0.828. The topological polar surface area (TPSA) is 0 Å². The highest BCUT2D eigenvalue weighted by molar-refractivity contribution is 5.99. The summed E-state index contributed by atoms with van der Waals surface area (Å²) in [5.41, 5.74) is 6.02. The third-order valence-electron chi connectivity index (χ3n) is 2.70. The standard InChI is InChI=1S/C14H9/c1-10-11-6-2-4-8-13(11)14-9-5-3-7-12(10)14/h2-6,8-9H,1H2. The molecule has 0 aliphatic heterocycles. The first kappa shape index (κ1) is 7.57. The van der Waals surface area contributed by atoms with Crippen LogP contribution in [-0.2, 0) is 0 Å². The summed E-state index contributed by atoms with van der Waals surface area (Å²) >= 11 is 0. The highest BCUT2D eigenvalue weighted by Crippen LogP contribution is 2.42. The van der Waals surface area contributed by atoms with Crippen LogP contribution in [0.15, 0.2) is 49.0 Å². The summed E-state index contributed by atoms with van der Waals surface area (Å²) < 4.78 is 0. The Labute approximate surface area is 83.5 Å². The van der Waals surface area contributed by atoms with Crippen LogP contribution in [0, 0.1) is 6.07 Å². The minimum Gasteiger partial charge on any atom is -0.0905 e. The second-order valence-electron chi connectivity index (χ2n) is 3.48. The Bertz CT molecular complexity index is 474. The van der Waals surface area contributed by atoms with E-state index in [9.17, 15) is 0 Å². The molecule has 0 heteroatoms. The van der Waals surface area contributed by atoms with Crippen LogP contribution in [0.25, 0.3) is 16.7 Å². The third-order valence-corrected chi connectivity index (χ3v) is 2.70. The first-order valence-corrected chi connectivity index (χ1v) is 4.67. The molecule has 0 saturated heterocycles. The van der Waals surface area contributed by atoms with Gasteiger partial charge in [0.2, 0.25) is 0 Å². The van der Waals surface area contributed by atoms with Crippen molar-refractivity contribution in [2.24, 2.45) is 0 Å². The molecule has 65 valence electrons. The van der Waals surface area contributed by atoms with E-state index in [4.69, 9.17) is 0 Å². The molecule has 0 saturated carbocycles. The fourth-order valence-corrected chi connectivity index (χ4v) is 2.03. The zero-order chi connectivity index (χ0) is 9.54. The molecule has 2 aromatic rings. The van der Waals surface area contributed by atoms with Crippen LogP contribution in [0.3, 0.4) is 0 Å². The van der Waals surface area contributed by atoms with E-state index in [2.05, 4.69) is 43.0 Å². The van der Waals surface area contributed by atoms with E-state index in [1.54, 1.807) is 0 Å². The van der Waals surface area contributed by atoms with Crippen molar-refractivity contribution < 1.29 is 0 Å². The quantitative estimate of drug-likeness (QED) is 0.492. The Balaban J connectivity index is 2.42. The fraction of sp³-hybridized carbons (Fsp3) is 0. The van der Waals surface area contributed by atoms with E-state index in [1.807, 2.05) is 12.1 Å². The summed E-state index contributed by atoms with van der Waals surface area (Å²) in [6, 6.07) is 17.7. The molecule has 1 radical (unpaired) electrons. The van der Waals surface area contributed by atoms with Gasteiger partial charge in [0.1, 0.15) is 0 Å². The number of hydrogen-bond acceptors (Lipinski definition) is 0. The van der Waals surface area contributed by atoms with Gasteiger partial charge < -0.3 is 0 Å². The van der Waals surface area contributed by atoms with Crippen molar-refractivity contribution in [3.05, 3.63) is 66.2 Å². The number of rotatable bonds is 0. The average Bonchev–Trinajstić information content (AvgIpc) is 2.55. The van der Waals surface area contributed by atoms with Gasteiger partial charge in [-0.25, -0.2) is 0 Å². The van der Waals surface area contributed by atoms with Crippen LogP contribution < -0.4 is 0 Å². The monoisotopic (exact) mass is 177 g/mol. The predicted molar refractivity (Wildman–Crippen MR) is 58.9 cm³/mol. The molecule has 1 aliphatic carbocycles. The molecule has 0 unspecified atom stereocenters. The van der Waals surface area contributed by atoms with Crippen LogP contribution in [0.1, 0.15) is 11.1 Å². The molecule has 0 N–H and O–H groups in total. The Hall–Kier alpha value is -1.82. The Kier molecular flexibility index (Phi) is 1.40. The van der Waals surface area contributed by atoms with Gasteiger partial charge in [-0.3, -0.25) is 0 Å². The predicted octanol–water partition coefficient (Wildman–Crippen LogP) is 3.53. The maximum absolute atomic E-state index is 4.11. The van der Waals surface area contributed by atoms with Crippen LogP contribution in [0.2, 0.25) is 0 Å². The average molecular weight is 177 g/mol. The largest absolute Gasteiger partial charge is 0.0905 e. The molecule has 0 heterocycles. The summed E-state index contributed by atoms with van der Waals surface area (Å²) in [6.07, 6.45) is 0. The number of hydrogen-bond donors (Lipinski definition) is 0. The number of fused-ring (bicyclic) bond motifs is 3. The highest BCUT2D eigenvalue weighted by atomic mass is 14.2. The maximum Gasteiger partial charge on any atom is -0.00261 e. The molecule has 0 atom stereocenters. The molecule has 14 heavy (non-hydrogen) atoms. The zero-order valence-electron chi connectivity index (χ0n) is 7.75. The van der Waals surface area contributed by atoms with Gasteiger partial charge in [0.25, 0.3) is 0 Å². The minimum absolute atomic E-state index is 1.09. The van der Waals surface area contributed by atoms with Crippen LogP contribution in [-0.4, -0.2) is 0 Å². The molecule has 3 rings (SSSR count). The van der Waals surface area contributed by atoms with Gasteiger partial charge in [0.05, 0.1) is 0 Å². The summed E-state index contributed by atoms with van der Waals surface area (Å²) in [5, 5.41) is 0. The summed E-state index contributed by atoms with van der Waals surface area (Å²) in [4.78, 5) is 0. The molecule has 0 nitrogen and oxygen atoms in total. The van der Waals surface area contributed by atoms with Crippen molar-refractivity contribution in [3.8, 4) is 11.1 Å². The van der Waals surface area contributed by atoms with Crippen LogP contribution in [0.4, 0.5) is 0 Å². The molecule has 2 aromatic carbocycles. The first-order valence-electron chi connectivity index (χ1n) is 4.67. The van der Waals surface area contributed by atoms with Gasteiger partial charge in [-0.1, -0.05) is 49.0 Å². The van der Waals surface area contributed by atoms with Gasteiger partial charge in [-0.15, -0.1) is 0 Å². The van der Waals surface area contributed by atoms with Crippen molar-refractivity contribution in [2.75, 3.05) is 0 Å². The molecule has 0 amide bonds. The van der Waals surface area contributed by atoms with Crippen molar-refractivity contribution in [2.45, 2.75) is 0 Å². The van der Waals surface area contributed by atoms with Gasteiger partial charge in [-0.2, -0.15) is 0 Å². The molecule has 0 aromatic heterocycles. The molecule has 1 aliphatic rings. The van der Waals surface area contributed by atoms with E-state index in [1.165, 1.54) is 16.7 Å². The summed E-state index contributed by atoms with van der Waals surface area (Å²) in [6.45, 7) is 4.11. The first-order chi connectivity index (χ1) is 6.88. The lowest BCUT2D eigenvalue weighted by atomic mass is 10.1. The lowest BCUT2D eigenvalue weighted by Crippen LogP contribution is -1.76. The molecular formula is C14H9. The van der Waals surface area contributed by atoms with E-state index in [-0.39, 0.29) is 0 Å². The highest BCUT2D eigenvalue weighted by Gasteiger charge is 2.20. The van der Waals surface area contributed by atoms with Crippen molar-refractivity contribution in [1.29, 1.82) is 0 Å². The Morgan fingerprint density at radius 1 is 0.857 bits per heavy atom. The number of benzene rings is 2. The van der Waals surface area contributed by atoms with Crippen molar-refractivity contribution >= 4 is 5.57 Å². The Morgan fingerprint density at radius 2 is 1.57 bits per heavy atom. The minimum atomic E-state index is 1.09. The van der Waals surface area contributed by atoms with E-state index in [0.29, 0.717) is 0 Å². The van der Waals surface area contributed by atoms with Crippen LogP contribution in [0.5, 0.6) is 0 Å². The van der Waals surface area contributed by atoms with Crippen LogP contribution >= 0.6 is 0 Å². The Morgan fingerprint density at radius 3 is 2.43 bits per heavy atom. The maximum atomic E-state index is 4.11. The second kappa shape index (κ2) is 2.58. The van der Waals surface area contributed by atoms with Crippen molar-refractivity contribution in [3.63, 3.8) is 0 Å². The zero-order valence-corrected chi connectivity index (χ0v) is 7.75. The summed E-state index contributed by atoms with van der Waals surface area (Å²) in [7, 11) is 0. The van der Waals surface area contributed by atoms with E-state index < -0.39 is 0 Å². The molecule has 0 spiro atoms.